The topological polar surface area (TPSA) is 67.6 Å². The second-order valence-corrected chi connectivity index (χ2v) is 5.95. The number of anilines is 1. The molecule has 2 heterocycles. The van der Waals surface area contributed by atoms with Gasteiger partial charge in [0.05, 0.1) is 24.0 Å². The van der Waals surface area contributed by atoms with Gasteiger partial charge in [-0.3, -0.25) is 0 Å². The van der Waals surface area contributed by atoms with Gasteiger partial charge in [-0.1, -0.05) is 17.3 Å². The highest BCUT2D eigenvalue weighted by Gasteiger charge is 2.34. The van der Waals surface area contributed by atoms with E-state index in [9.17, 15) is 4.79 Å². The van der Waals surface area contributed by atoms with Gasteiger partial charge < -0.3 is 19.5 Å². The Morgan fingerprint density at radius 1 is 1.42 bits per heavy atom. The monoisotopic (exact) mass is 329 g/mol. The van der Waals surface area contributed by atoms with Crippen LogP contribution in [0, 0.1) is 13.8 Å². The normalized spacial score (nSPS) is 17.1. The van der Waals surface area contributed by atoms with Crippen LogP contribution < -0.4 is 10.1 Å². The Bertz CT molecular complexity index is 707. The Kier molecular flexibility index (Phi) is 4.74. The summed E-state index contributed by atoms with van der Waals surface area (Å²) in [5, 5.41) is 7.00. The van der Waals surface area contributed by atoms with Crippen LogP contribution in [-0.4, -0.2) is 29.2 Å². The van der Waals surface area contributed by atoms with Gasteiger partial charge in [0.1, 0.15) is 11.5 Å². The van der Waals surface area contributed by atoms with Crippen molar-refractivity contribution in [2.75, 3.05) is 18.5 Å². The molecule has 1 fully saturated rings. The first-order chi connectivity index (χ1) is 11.6. The number of nitrogens with one attached hydrogen (secondary N) is 1. The Hall–Kier alpha value is -2.50. The zero-order valence-corrected chi connectivity index (χ0v) is 14.3. The van der Waals surface area contributed by atoms with Crippen molar-refractivity contribution in [3.05, 3.63) is 41.3 Å². The Balaban J connectivity index is 1.80. The summed E-state index contributed by atoms with van der Waals surface area (Å²) in [5.41, 5.74) is 2.57. The minimum absolute atomic E-state index is 0.00973. The quantitative estimate of drug-likeness (QED) is 0.918. The number of aromatic nitrogens is 1. The number of aryl methyl sites for hydroxylation is 2. The molecule has 1 atom stereocenters. The number of hydrogen-bond donors (Lipinski definition) is 1. The van der Waals surface area contributed by atoms with Gasteiger partial charge in [-0.05, 0) is 45.7 Å². The number of para-hydroxylation sites is 2. The van der Waals surface area contributed by atoms with Gasteiger partial charge in [0.2, 0.25) is 0 Å². The molecule has 1 aliphatic rings. The number of rotatable bonds is 4. The lowest BCUT2D eigenvalue weighted by molar-refractivity contribution is 0.206. The van der Waals surface area contributed by atoms with Crippen molar-refractivity contribution >= 4 is 11.7 Å². The molecule has 0 saturated carbocycles. The molecule has 1 saturated heterocycles. The van der Waals surface area contributed by atoms with Crippen molar-refractivity contribution in [2.24, 2.45) is 0 Å². The smallest absolute Gasteiger partial charge is 0.322 e. The molecule has 2 aromatic rings. The Morgan fingerprint density at radius 3 is 2.92 bits per heavy atom. The third kappa shape index (κ3) is 3.09. The number of carbonyl (C=O) groups excluding carboxylic acids is 1. The standard InChI is InChI=1S/C18H23N3O3/c1-4-23-16-10-6-5-8-14(16)19-18(22)21-11-7-9-15(21)17-12(2)20-24-13(17)3/h5-6,8,10,15H,4,7,9,11H2,1-3H3,(H,19,22)/t15-/m1/s1. The molecule has 6 nitrogen and oxygen atoms in total. The van der Waals surface area contributed by atoms with Gasteiger partial charge in [-0.15, -0.1) is 0 Å². The number of hydrogen-bond acceptors (Lipinski definition) is 4. The highest BCUT2D eigenvalue weighted by molar-refractivity contribution is 5.91. The van der Waals surface area contributed by atoms with Gasteiger partial charge in [-0.25, -0.2) is 4.79 Å². The molecule has 24 heavy (non-hydrogen) atoms. The lowest BCUT2D eigenvalue weighted by atomic mass is 10.0. The van der Waals surface area contributed by atoms with E-state index in [0.717, 1.165) is 36.4 Å². The zero-order chi connectivity index (χ0) is 17.1. The summed E-state index contributed by atoms with van der Waals surface area (Å²) >= 11 is 0. The van der Waals surface area contributed by atoms with Crippen molar-refractivity contribution in [1.82, 2.24) is 10.1 Å². The maximum Gasteiger partial charge on any atom is 0.322 e. The van der Waals surface area contributed by atoms with Crippen molar-refractivity contribution in [3.8, 4) is 5.75 Å². The largest absolute Gasteiger partial charge is 0.492 e. The number of benzene rings is 1. The molecule has 0 radical (unpaired) electrons. The number of likely N-dealkylation sites (tertiary alicyclic amines) is 1. The van der Waals surface area contributed by atoms with Gasteiger partial charge in [0.25, 0.3) is 0 Å². The summed E-state index contributed by atoms with van der Waals surface area (Å²) in [6.07, 6.45) is 1.89. The maximum absolute atomic E-state index is 12.8. The number of ether oxygens (including phenoxy) is 1. The molecule has 1 aromatic carbocycles. The average Bonchev–Trinajstić information content (AvgIpc) is 3.16. The summed E-state index contributed by atoms with van der Waals surface area (Å²) in [5.74, 6) is 1.47. The fourth-order valence-electron chi connectivity index (χ4n) is 3.31. The molecule has 128 valence electrons. The van der Waals surface area contributed by atoms with Gasteiger partial charge in [-0.2, -0.15) is 0 Å². The molecule has 1 N–H and O–H groups in total. The predicted octanol–water partition coefficient (Wildman–Crippen LogP) is 4.06. The molecule has 2 amide bonds. The summed E-state index contributed by atoms with van der Waals surface area (Å²) in [6.45, 7) is 7.01. The summed E-state index contributed by atoms with van der Waals surface area (Å²) in [6, 6.07) is 7.37. The van der Waals surface area contributed by atoms with E-state index in [-0.39, 0.29) is 12.1 Å². The van der Waals surface area contributed by atoms with Crippen molar-refractivity contribution < 1.29 is 14.1 Å². The fraction of sp³-hybridized carbons (Fsp3) is 0.444. The Morgan fingerprint density at radius 2 is 2.21 bits per heavy atom. The molecule has 6 heteroatoms. The van der Waals surface area contributed by atoms with E-state index in [1.165, 1.54) is 0 Å². The second kappa shape index (κ2) is 6.95. The van der Waals surface area contributed by atoms with Crippen molar-refractivity contribution in [2.45, 2.75) is 39.7 Å². The van der Waals surface area contributed by atoms with Crippen LogP contribution in [0.5, 0.6) is 5.75 Å². The molecular formula is C18H23N3O3. The maximum atomic E-state index is 12.8. The van der Waals surface area contributed by atoms with E-state index in [1.54, 1.807) is 0 Å². The summed E-state index contributed by atoms with van der Waals surface area (Å²) in [4.78, 5) is 14.7. The van der Waals surface area contributed by atoms with Gasteiger partial charge in [0, 0.05) is 12.1 Å². The van der Waals surface area contributed by atoms with Crippen LogP contribution in [0.3, 0.4) is 0 Å². The van der Waals surface area contributed by atoms with E-state index >= 15 is 0 Å². The Labute approximate surface area is 141 Å². The van der Waals surface area contributed by atoms with Crippen LogP contribution in [0.1, 0.15) is 42.8 Å². The number of urea groups is 1. The molecule has 3 rings (SSSR count). The number of carbonyl (C=O) groups is 1. The van der Waals surface area contributed by atoms with Crippen LogP contribution in [0.4, 0.5) is 10.5 Å². The number of amides is 2. The van der Waals surface area contributed by atoms with E-state index in [2.05, 4.69) is 10.5 Å². The van der Waals surface area contributed by atoms with E-state index in [4.69, 9.17) is 9.26 Å². The van der Waals surface area contributed by atoms with E-state index < -0.39 is 0 Å². The van der Waals surface area contributed by atoms with Crippen LogP contribution in [0.25, 0.3) is 0 Å². The minimum Gasteiger partial charge on any atom is -0.492 e. The molecule has 0 spiro atoms. The molecule has 1 aromatic heterocycles. The van der Waals surface area contributed by atoms with E-state index in [0.29, 0.717) is 18.0 Å². The number of nitrogens with zero attached hydrogens (tertiary/aromatic N) is 2. The predicted molar refractivity (Wildman–Crippen MR) is 91.3 cm³/mol. The minimum atomic E-state index is -0.121. The fourth-order valence-corrected chi connectivity index (χ4v) is 3.31. The van der Waals surface area contributed by atoms with Crippen LogP contribution in [0.2, 0.25) is 0 Å². The first-order valence-electron chi connectivity index (χ1n) is 8.34. The highest BCUT2D eigenvalue weighted by Crippen LogP contribution is 2.36. The second-order valence-electron chi connectivity index (χ2n) is 5.95. The molecule has 0 bridgehead atoms. The molecular weight excluding hydrogens is 306 g/mol. The average molecular weight is 329 g/mol. The SMILES string of the molecule is CCOc1ccccc1NC(=O)N1CCC[C@@H]1c1c(C)noc1C. The summed E-state index contributed by atoms with van der Waals surface area (Å²) in [7, 11) is 0. The van der Waals surface area contributed by atoms with Crippen LogP contribution >= 0.6 is 0 Å². The highest BCUT2D eigenvalue weighted by atomic mass is 16.5. The van der Waals surface area contributed by atoms with Crippen LogP contribution in [0.15, 0.2) is 28.8 Å². The summed E-state index contributed by atoms with van der Waals surface area (Å²) < 4.78 is 10.9. The first kappa shape index (κ1) is 16.4. The van der Waals surface area contributed by atoms with Crippen LogP contribution in [-0.2, 0) is 0 Å². The first-order valence-corrected chi connectivity index (χ1v) is 8.34. The van der Waals surface area contributed by atoms with Gasteiger partial charge >= 0.3 is 6.03 Å². The van der Waals surface area contributed by atoms with E-state index in [1.807, 2.05) is 49.9 Å². The van der Waals surface area contributed by atoms with Crippen molar-refractivity contribution in [3.63, 3.8) is 0 Å². The molecule has 1 aliphatic heterocycles. The lowest BCUT2D eigenvalue weighted by Crippen LogP contribution is -2.34. The third-order valence-corrected chi connectivity index (χ3v) is 4.36. The zero-order valence-electron chi connectivity index (χ0n) is 14.3. The molecule has 0 aliphatic carbocycles. The third-order valence-electron chi connectivity index (χ3n) is 4.36. The van der Waals surface area contributed by atoms with Crippen molar-refractivity contribution in [1.29, 1.82) is 0 Å². The molecule has 0 unspecified atom stereocenters. The lowest BCUT2D eigenvalue weighted by Gasteiger charge is -2.25. The van der Waals surface area contributed by atoms with Gasteiger partial charge in [0.15, 0.2) is 0 Å².